The quantitative estimate of drug-likeness (QED) is 0.575. The van der Waals surface area contributed by atoms with Gasteiger partial charge in [0.2, 0.25) is 11.8 Å². The Morgan fingerprint density at radius 1 is 1.19 bits per heavy atom. The van der Waals surface area contributed by atoms with Gasteiger partial charge in [-0.3, -0.25) is 14.5 Å². The van der Waals surface area contributed by atoms with Crippen molar-refractivity contribution < 1.29 is 23.8 Å². The first-order valence-corrected chi connectivity index (χ1v) is 11.9. The third kappa shape index (κ3) is 5.84. The van der Waals surface area contributed by atoms with Gasteiger partial charge in [-0.25, -0.2) is 0 Å². The lowest BCUT2D eigenvalue weighted by molar-refractivity contribution is -0.139. The lowest BCUT2D eigenvalue weighted by Gasteiger charge is -2.29. The van der Waals surface area contributed by atoms with Gasteiger partial charge in [0.05, 0.1) is 27.4 Å². The van der Waals surface area contributed by atoms with Crippen molar-refractivity contribution >= 4 is 23.6 Å². The maximum Gasteiger partial charge on any atom is 0.243 e. The van der Waals surface area contributed by atoms with E-state index < -0.39 is 6.04 Å². The summed E-state index contributed by atoms with van der Waals surface area (Å²) >= 11 is 1.60. The molecule has 1 N–H and O–H groups in total. The van der Waals surface area contributed by atoms with Gasteiger partial charge in [-0.1, -0.05) is 13.0 Å². The standard InChI is InChI=1S/C22H33N3O5S/c1-4-20(26)25-17(21(27)23-8-5-9-24-10-12-30-13-11-24)15-31-22(25)16-6-7-18(28-2)19(14-16)29-3/h6-7,14,17,22H,4-5,8-13,15H2,1-3H3,(H,23,27). The summed E-state index contributed by atoms with van der Waals surface area (Å²) in [6, 6.07) is 5.17. The molecule has 2 unspecified atom stereocenters. The minimum Gasteiger partial charge on any atom is -0.493 e. The number of hydrogen-bond acceptors (Lipinski definition) is 7. The van der Waals surface area contributed by atoms with Crippen molar-refractivity contribution in [2.24, 2.45) is 0 Å². The molecule has 2 fully saturated rings. The molecule has 1 aromatic rings. The number of morpholine rings is 1. The molecule has 3 rings (SSSR count). The summed E-state index contributed by atoms with van der Waals surface area (Å²) in [6.07, 6.45) is 1.23. The van der Waals surface area contributed by atoms with E-state index in [4.69, 9.17) is 14.2 Å². The smallest absolute Gasteiger partial charge is 0.243 e. The Bertz CT molecular complexity index is 757. The van der Waals surface area contributed by atoms with Crippen molar-refractivity contribution in [2.75, 3.05) is 59.4 Å². The Balaban J connectivity index is 1.62. The molecular weight excluding hydrogens is 418 g/mol. The molecule has 0 spiro atoms. The fourth-order valence-corrected chi connectivity index (χ4v) is 5.36. The molecule has 2 aliphatic rings. The third-order valence-corrected chi connectivity index (χ3v) is 6.96. The van der Waals surface area contributed by atoms with Crippen LogP contribution in [0.2, 0.25) is 0 Å². The van der Waals surface area contributed by atoms with Gasteiger partial charge in [0, 0.05) is 31.8 Å². The molecule has 0 aromatic heterocycles. The molecular formula is C22H33N3O5S. The normalized spacial score (nSPS) is 21.7. The van der Waals surface area contributed by atoms with Crippen molar-refractivity contribution in [1.29, 1.82) is 0 Å². The number of ether oxygens (including phenoxy) is 3. The number of nitrogens with zero attached hydrogens (tertiary/aromatic N) is 2. The van der Waals surface area contributed by atoms with Gasteiger partial charge in [0.15, 0.2) is 11.5 Å². The molecule has 0 aliphatic carbocycles. The maximum atomic E-state index is 12.9. The van der Waals surface area contributed by atoms with Crippen LogP contribution in [0, 0.1) is 0 Å². The largest absolute Gasteiger partial charge is 0.493 e. The first-order chi connectivity index (χ1) is 15.1. The zero-order chi connectivity index (χ0) is 22.2. The van der Waals surface area contributed by atoms with E-state index in [1.165, 1.54) is 0 Å². The van der Waals surface area contributed by atoms with E-state index in [9.17, 15) is 9.59 Å². The van der Waals surface area contributed by atoms with E-state index in [-0.39, 0.29) is 17.2 Å². The van der Waals surface area contributed by atoms with Crippen LogP contribution in [0.5, 0.6) is 11.5 Å². The zero-order valence-corrected chi connectivity index (χ0v) is 19.4. The minimum absolute atomic E-state index is 0.0294. The van der Waals surface area contributed by atoms with Crippen molar-refractivity contribution in [3.8, 4) is 11.5 Å². The molecule has 31 heavy (non-hydrogen) atoms. The molecule has 2 atom stereocenters. The number of carbonyl (C=O) groups excluding carboxylic acids is 2. The summed E-state index contributed by atoms with van der Waals surface area (Å²) in [6.45, 7) is 6.81. The highest BCUT2D eigenvalue weighted by Crippen LogP contribution is 2.44. The summed E-state index contributed by atoms with van der Waals surface area (Å²) in [5.41, 5.74) is 0.923. The number of thioether (sulfide) groups is 1. The van der Waals surface area contributed by atoms with Crippen LogP contribution in [-0.2, 0) is 14.3 Å². The summed E-state index contributed by atoms with van der Waals surface area (Å²) in [7, 11) is 3.18. The molecule has 8 nitrogen and oxygen atoms in total. The Kier molecular flexibility index (Phi) is 8.86. The number of methoxy groups -OCH3 is 2. The number of rotatable bonds is 9. The summed E-state index contributed by atoms with van der Waals surface area (Å²) in [4.78, 5) is 29.8. The zero-order valence-electron chi connectivity index (χ0n) is 18.6. The second-order valence-corrected chi connectivity index (χ2v) is 8.68. The molecule has 172 valence electrons. The van der Waals surface area contributed by atoms with Crippen molar-refractivity contribution in [1.82, 2.24) is 15.1 Å². The number of nitrogens with one attached hydrogen (secondary N) is 1. The van der Waals surface area contributed by atoms with Gasteiger partial charge >= 0.3 is 0 Å². The lowest BCUT2D eigenvalue weighted by atomic mass is 10.1. The third-order valence-electron chi connectivity index (χ3n) is 5.64. The summed E-state index contributed by atoms with van der Waals surface area (Å²) < 4.78 is 16.1. The predicted octanol–water partition coefficient (Wildman–Crippen LogP) is 1.89. The van der Waals surface area contributed by atoms with Crippen molar-refractivity contribution in [3.05, 3.63) is 23.8 Å². The van der Waals surface area contributed by atoms with E-state index in [0.29, 0.717) is 30.2 Å². The van der Waals surface area contributed by atoms with Gasteiger partial charge in [-0.2, -0.15) is 0 Å². The fraction of sp³-hybridized carbons (Fsp3) is 0.636. The Morgan fingerprint density at radius 3 is 2.61 bits per heavy atom. The highest BCUT2D eigenvalue weighted by Gasteiger charge is 2.41. The van der Waals surface area contributed by atoms with E-state index >= 15 is 0 Å². The molecule has 1 aromatic carbocycles. The first kappa shape index (κ1) is 23.7. The fourth-order valence-electron chi connectivity index (χ4n) is 3.92. The van der Waals surface area contributed by atoms with Gasteiger partial charge in [-0.15, -0.1) is 11.8 Å². The number of hydrogen-bond donors (Lipinski definition) is 1. The van der Waals surface area contributed by atoms with Gasteiger partial charge in [-0.05, 0) is 30.7 Å². The Labute approximate surface area is 188 Å². The molecule has 0 radical (unpaired) electrons. The maximum absolute atomic E-state index is 12.9. The second kappa shape index (κ2) is 11.6. The molecule has 0 saturated carbocycles. The summed E-state index contributed by atoms with van der Waals surface area (Å²) in [5.74, 6) is 1.70. The topological polar surface area (TPSA) is 80.3 Å². The average molecular weight is 452 g/mol. The first-order valence-electron chi connectivity index (χ1n) is 10.8. The predicted molar refractivity (Wildman–Crippen MR) is 121 cm³/mol. The molecule has 9 heteroatoms. The Morgan fingerprint density at radius 2 is 1.94 bits per heavy atom. The van der Waals surface area contributed by atoms with Crippen LogP contribution in [0.4, 0.5) is 0 Å². The van der Waals surface area contributed by atoms with Crippen molar-refractivity contribution in [3.63, 3.8) is 0 Å². The highest BCUT2D eigenvalue weighted by molar-refractivity contribution is 7.99. The molecule has 0 bridgehead atoms. The molecule has 2 amide bonds. The monoisotopic (exact) mass is 451 g/mol. The van der Waals surface area contributed by atoms with E-state index in [2.05, 4.69) is 10.2 Å². The molecule has 2 heterocycles. The number of benzene rings is 1. The SMILES string of the molecule is CCC(=O)N1C(C(=O)NCCCN2CCOCC2)CSC1c1ccc(OC)c(OC)c1. The van der Waals surface area contributed by atoms with Crippen LogP contribution in [-0.4, -0.2) is 87.0 Å². The van der Waals surface area contributed by atoms with Crippen LogP contribution in [0.25, 0.3) is 0 Å². The second-order valence-electron chi connectivity index (χ2n) is 7.57. The van der Waals surface area contributed by atoms with Crippen LogP contribution in [0.15, 0.2) is 18.2 Å². The highest BCUT2D eigenvalue weighted by atomic mass is 32.2. The number of amides is 2. The van der Waals surface area contributed by atoms with Gasteiger partial charge < -0.3 is 24.4 Å². The number of carbonyl (C=O) groups is 2. The Hall–Kier alpha value is -1.97. The summed E-state index contributed by atoms with van der Waals surface area (Å²) in [5, 5.41) is 2.81. The van der Waals surface area contributed by atoms with Gasteiger partial charge in [0.25, 0.3) is 0 Å². The van der Waals surface area contributed by atoms with Crippen LogP contribution >= 0.6 is 11.8 Å². The van der Waals surface area contributed by atoms with Crippen LogP contribution in [0.3, 0.4) is 0 Å². The average Bonchev–Trinajstić information content (AvgIpc) is 3.26. The van der Waals surface area contributed by atoms with E-state index in [0.717, 1.165) is 44.8 Å². The van der Waals surface area contributed by atoms with Crippen LogP contribution < -0.4 is 14.8 Å². The molecule has 2 saturated heterocycles. The van der Waals surface area contributed by atoms with Crippen LogP contribution in [0.1, 0.15) is 30.7 Å². The van der Waals surface area contributed by atoms with Crippen molar-refractivity contribution in [2.45, 2.75) is 31.2 Å². The molecule has 2 aliphatic heterocycles. The lowest BCUT2D eigenvalue weighted by Crippen LogP contribution is -2.48. The van der Waals surface area contributed by atoms with Gasteiger partial charge in [0.1, 0.15) is 11.4 Å². The van der Waals surface area contributed by atoms with E-state index in [1.54, 1.807) is 30.9 Å². The van der Waals surface area contributed by atoms with E-state index in [1.807, 2.05) is 25.1 Å². The minimum atomic E-state index is -0.473.